The second kappa shape index (κ2) is 22.7. The Bertz CT molecular complexity index is 773. The monoisotopic (exact) mass is 521 g/mol. The fraction of sp³-hybridized carbons (Fsp3) is 0.478. The molecule has 0 amide bonds. The number of aromatic nitrogens is 1. The van der Waals surface area contributed by atoms with E-state index in [1.807, 2.05) is 33.1 Å². The fourth-order valence-corrected chi connectivity index (χ4v) is 3.90. The van der Waals surface area contributed by atoms with Gasteiger partial charge in [-0.2, -0.15) is 0 Å². The highest BCUT2D eigenvalue weighted by molar-refractivity contribution is 8.02. The lowest BCUT2D eigenvalue weighted by Gasteiger charge is -2.05. The van der Waals surface area contributed by atoms with Crippen LogP contribution in [0.25, 0.3) is 5.70 Å². The molecule has 0 aliphatic rings. The Morgan fingerprint density at radius 1 is 1.26 bits per heavy atom. The van der Waals surface area contributed by atoms with Gasteiger partial charge in [-0.3, -0.25) is 9.38 Å². The Balaban J connectivity index is 0. The molecule has 6 nitrogen and oxygen atoms in total. The predicted molar refractivity (Wildman–Crippen MR) is 142 cm³/mol. The van der Waals surface area contributed by atoms with Gasteiger partial charge in [-0.05, 0) is 49.7 Å². The zero-order chi connectivity index (χ0) is 26.4. The van der Waals surface area contributed by atoms with E-state index in [9.17, 15) is 13.2 Å². The van der Waals surface area contributed by atoms with Gasteiger partial charge in [0.25, 0.3) is 0 Å². The SMILES string of the molecule is C=N/C(=C\SCNC(=C)/C=C\C(=C/N)CNO)c1sc(C)nc1C.CCC(CC)CF.FCF. The van der Waals surface area contributed by atoms with Crippen LogP contribution in [0, 0.1) is 19.8 Å². The number of thioether (sulfide) groups is 1. The van der Waals surface area contributed by atoms with E-state index in [0.717, 1.165) is 45.4 Å². The van der Waals surface area contributed by atoms with Crippen molar-refractivity contribution in [1.82, 2.24) is 15.8 Å². The topological polar surface area (TPSA) is 95.6 Å². The molecule has 1 aromatic heterocycles. The van der Waals surface area contributed by atoms with Crippen LogP contribution in [-0.2, 0) is 0 Å². The largest absolute Gasteiger partial charge is 0.404 e. The maximum absolute atomic E-state index is 11.7. The van der Waals surface area contributed by atoms with Crippen molar-refractivity contribution in [2.45, 2.75) is 40.5 Å². The second-order valence-electron chi connectivity index (χ2n) is 6.67. The van der Waals surface area contributed by atoms with Crippen molar-refractivity contribution in [2.75, 3.05) is 26.0 Å². The van der Waals surface area contributed by atoms with Crippen molar-refractivity contribution >= 4 is 35.5 Å². The third kappa shape index (κ3) is 16.5. The van der Waals surface area contributed by atoms with Crippen LogP contribution in [0.3, 0.4) is 0 Å². The first-order valence-corrected chi connectivity index (χ1v) is 12.4. The summed E-state index contributed by atoms with van der Waals surface area (Å²) in [5, 5.41) is 14.8. The molecule has 34 heavy (non-hydrogen) atoms. The number of nitrogens with zero attached hydrogens (tertiary/aromatic N) is 2. The van der Waals surface area contributed by atoms with E-state index < -0.39 is 6.93 Å². The first kappa shape index (κ1) is 34.1. The number of nitrogens with two attached hydrogens (primary N) is 1. The molecule has 0 unspecified atom stereocenters. The number of hydroxylamine groups is 1. The molecule has 1 rings (SSSR count). The van der Waals surface area contributed by atoms with Crippen LogP contribution in [0.4, 0.5) is 13.2 Å². The number of hydrogen-bond donors (Lipinski definition) is 4. The summed E-state index contributed by atoms with van der Waals surface area (Å²) in [5.74, 6) is 0.957. The van der Waals surface area contributed by atoms with Gasteiger partial charge >= 0.3 is 0 Å². The minimum absolute atomic E-state index is 0.146. The third-order valence-electron chi connectivity index (χ3n) is 4.25. The van der Waals surface area contributed by atoms with E-state index in [-0.39, 0.29) is 13.2 Å². The van der Waals surface area contributed by atoms with Crippen molar-refractivity contribution in [3.8, 4) is 0 Å². The number of alkyl halides is 3. The minimum Gasteiger partial charge on any atom is -0.404 e. The lowest BCUT2D eigenvalue weighted by molar-refractivity contribution is 0.177. The number of hydrogen-bond acceptors (Lipinski definition) is 8. The van der Waals surface area contributed by atoms with E-state index in [0.29, 0.717) is 11.8 Å². The van der Waals surface area contributed by atoms with Gasteiger partial charge in [0.05, 0.1) is 33.8 Å². The van der Waals surface area contributed by atoms with Crippen molar-refractivity contribution in [2.24, 2.45) is 16.6 Å². The molecule has 0 aliphatic heterocycles. The summed E-state index contributed by atoms with van der Waals surface area (Å²) >= 11 is 3.17. The number of rotatable bonds is 13. The highest BCUT2D eigenvalue weighted by Crippen LogP contribution is 2.28. The summed E-state index contributed by atoms with van der Waals surface area (Å²) in [6.07, 6.45) is 6.95. The van der Waals surface area contributed by atoms with Gasteiger partial charge in [-0.15, -0.1) is 23.1 Å². The summed E-state index contributed by atoms with van der Waals surface area (Å²) < 4.78 is 30.9. The van der Waals surface area contributed by atoms with Gasteiger partial charge in [0.15, 0.2) is 0 Å². The first-order chi connectivity index (χ1) is 16.3. The predicted octanol–water partition coefficient (Wildman–Crippen LogP) is 6.21. The molecule has 0 aromatic carbocycles. The standard InChI is InChI=1S/C16H23N5OS2.C6H13F.CH2F2/c1-11(5-6-14(7-17)8-20-22)19-10-23-9-15(18-4)16-12(2)21-13(3)24-16;1-3-6(4-2)5-7;2-1-3/h5-7,9,19-20,22H,1,4,8,10,17H2,2-3H3;6H,3-5H2,1-2H3;1H2/b6-5-,14-7+,15-9-;;. The summed E-state index contributed by atoms with van der Waals surface area (Å²) in [6, 6.07) is 0. The van der Waals surface area contributed by atoms with Gasteiger partial charge < -0.3 is 16.3 Å². The van der Waals surface area contributed by atoms with Crippen LogP contribution in [0.2, 0.25) is 0 Å². The van der Waals surface area contributed by atoms with E-state index in [2.05, 4.69) is 34.1 Å². The normalized spacial score (nSPS) is 11.6. The Morgan fingerprint density at radius 3 is 2.26 bits per heavy atom. The zero-order valence-electron chi connectivity index (χ0n) is 20.4. The third-order valence-corrected chi connectivity index (χ3v) is 6.05. The maximum Gasteiger partial charge on any atom is 0.229 e. The van der Waals surface area contributed by atoms with Crippen LogP contribution >= 0.6 is 23.1 Å². The molecule has 0 saturated carbocycles. The molecule has 0 spiro atoms. The first-order valence-electron chi connectivity index (χ1n) is 10.6. The average molecular weight is 522 g/mol. The Kier molecular flexibility index (Phi) is 22.8. The van der Waals surface area contributed by atoms with Gasteiger partial charge in [0.1, 0.15) is 0 Å². The highest BCUT2D eigenvalue weighted by atomic mass is 32.2. The second-order valence-corrected chi connectivity index (χ2v) is 8.73. The summed E-state index contributed by atoms with van der Waals surface area (Å²) in [6.45, 7) is 13.9. The molecule has 0 bridgehead atoms. The molecular weight excluding hydrogens is 483 g/mol. The Morgan fingerprint density at radius 2 is 1.88 bits per heavy atom. The molecule has 0 atom stereocenters. The highest BCUT2D eigenvalue weighted by Gasteiger charge is 2.08. The summed E-state index contributed by atoms with van der Waals surface area (Å²) in [7, 11) is 0. The average Bonchev–Trinajstić information content (AvgIpc) is 3.16. The number of aliphatic imine (C=N–C) groups is 1. The number of thiazole rings is 1. The summed E-state index contributed by atoms with van der Waals surface area (Å²) in [5.41, 5.74) is 10.8. The van der Waals surface area contributed by atoms with Crippen molar-refractivity contribution in [3.05, 3.63) is 57.2 Å². The lowest BCUT2D eigenvalue weighted by Crippen LogP contribution is -2.12. The zero-order valence-corrected chi connectivity index (χ0v) is 22.0. The molecular formula is C23H38F3N5OS2. The van der Waals surface area contributed by atoms with E-state index in [4.69, 9.17) is 10.9 Å². The maximum atomic E-state index is 11.7. The minimum atomic E-state index is -1.75. The number of halogens is 3. The number of allylic oxidation sites excluding steroid dienone is 1. The molecule has 1 heterocycles. The van der Waals surface area contributed by atoms with Crippen LogP contribution in [0.1, 0.15) is 42.3 Å². The van der Waals surface area contributed by atoms with Gasteiger partial charge in [-0.25, -0.2) is 19.2 Å². The van der Waals surface area contributed by atoms with Crippen molar-refractivity contribution < 1.29 is 18.4 Å². The Labute approximate surface area is 210 Å². The molecule has 194 valence electrons. The Hall–Kier alpha value is -2.08. The van der Waals surface area contributed by atoms with Crippen LogP contribution in [-0.4, -0.2) is 42.9 Å². The molecule has 0 saturated heterocycles. The number of aryl methyl sites for hydroxylation is 2. The number of nitrogens with one attached hydrogen (secondary N) is 2. The fourth-order valence-electron chi connectivity index (χ4n) is 2.22. The molecule has 0 aliphatic carbocycles. The molecule has 1 aromatic rings. The van der Waals surface area contributed by atoms with Crippen LogP contribution in [0.15, 0.2) is 46.6 Å². The van der Waals surface area contributed by atoms with Gasteiger partial charge in [-0.1, -0.05) is 39.3 Å². The quantitative estimate of drug-likeness (QED) is 0.0811. The smallest absolute Gasteiger partial charge is 0.229 e. The van der Waals surface area contributed by atoms with Crippen molar-refractivity contribution in [3.63, 3.8) is 0 Å². The van der Waals surface area contributed by atoms with Crippen LogP contribution in [0.5, 0.6) is 0 Å². The molecule has 0 radical (unpaired) electrons. The van der Waals surface area contributed by atoms with Crippen LogP contribution < -0.4 is 16.5 Å². The van der Waals surface area contributed by atoms with Gasteiger partial charge in [0.2, 0.25) is 6.93 Å². The molecule has 0 fully saturated rings. The molecule has 5 N–H and O–H groups in total. The molecule has 11 heteroatoms. The lowest BCUT2D eigenvalue weighted by atomic mass is 10.1. The van der Waals surface area contributed by atoms with Gasteiger partial charge in [0, 0.05) is 12.2 Å². The van der Waals surface area contributed by atoms with E-state index >= 15 is 0 Å². The summed E-state index contributed by atoms with van der Waals surface area (Å²) in [4.78, 5) is 9.53. The van der Waals surface area contributed by atoms with E-state index in [1.165, 1.54) is 6.20 Å². The van der Waals surface area contributed by atoms with Crippen molar-refractivity contribution in [1.29, 1.82) is 0 Å². The van der Waals surface area contributed by atoms with E-state index in [1.54, 1.807) is 35.3 Å².